The minimum atomic E-state index is -0.724. The first-order chi connectivity index (χ1) is 19.4. The van der Waals surface area contributed by atoms with E-state index in [0.29, 0.717) is 27.7 Å². The van der Waals surface area contributed by atoms with E-state index in [-0.39, 0.29) is 18.7 Å². The van der Waals surface area contributed by atoms with Crippen LogP contribution in [0.4, 0.5) is 13.2 Å². The van der Waals surface area contributed by atoms with E-state index in [9.17, 15) is 18.0 Å². The van der Waals surface area contributed by atoms with Crippen molar-refractivity contribution >= 4 is 27.7 Å². The number of hydrogen-bond donors (Lipinski definition) is 2. The zero-order chi connectivity index (χ0) is 27.6. The number of fused-ring (bicyclic) bond motifs is 2. The number of aromatic nitrogens is 3. The second-order valence-corrected chi connectivity index (χ2v) is 9.64. The molecular formula is C32H23F3N4O. The van der Waals surface area contributed by atoms with Gasteiger partial charge < -0.3 is 10.3 Å². The lowest BCUT2D eigenvalue weighted by Gasteiger charge is -2.22. The predicted octanol–water partition coefficient (Wildman–Crippen LogP) is 6.84. The van der Waals surface area contributed by atoms with Crippen LogP contribution in [0, 0.1) is 17.5 Å². The molecule has 0 aliphatic carbocycles. The Morgan fingerprint density at radius 1 is 0.875 bits per heavy atom. The van der Waals surface area contributed by atoms with Crippen LogP contribution >= 0.6 is 0 Å². The van der Waals surface area contributed by atoms with Crippen molar-refractivity contribution in [2.75, 3.05) is 0 Å². The Hall–Kier alpha value is -4.98. The third-order valence-corrected chi connectivity index (χ3v) is 6.85. The number of carbonyl (C=O) groups is 1. The average molecular weight is 537 g/mol. The second-order valence-electron chi connectivity index (χ2n) is 9.64. The zero-order valence-electron chi connectivity index (χ0n) is 21.2. The van der Waals surface area contributed by atoms with Gasteiger partial charge in [0.15, 0.2) is 0 Å². The monoisotopic (exact) mass is 536 g/mol. The molecule has 0 aliphatic rings. The lowest BCUT2D eigenvalue weighted by atomic mass is 9.95. The van der Waals surface area contributed by atoms with Gasteiger partial charge in [0.05, 0.1) is 23.7 Å². The summed E-state index contributed by atoms with van der Waals surface area (Å²) in [7, 11) is 0. The Morgan fingerprint density at radius 3 is 2.55 bits per heavy atom. The molecule has 1 unspecified atom stereocenters. The highest BCUT2D eigenvalue weighted by atomic mass is 19.1. The highest BCUT2D eigenvalue weighted by molar-refractivity contribution is 5.89. The Kier molecular flexibility index (Phi) is 6.74. The highest BCUT2D eigenvalue weighted by Crippen LogP contribution is 2.31. The molecule has 2 N–H and O–H groups in total. The first kappa shape index (κ1) is 25.3. The van der Waals surface area contributed by atoms with Crippen LogP contribution in [0.1, 0.15) is 22.9 Å². The molecule has 3 aromatic heterocycles. The molecule has 1 atom stereocenters. The van der Waals surface area contributed by atoms with Gasteiger partial charge in [-0.1, -0.05) is 24.3 Å². The van der Waals surface area contributed by atoms with E-state index >= 15 is 0 Å². The van der Waals surface area contributed by atoms with Gasteiger partial charge in [0, 0.05) is 52.1 Å². The fourth-order valence-corrected chi connectivity index (χ4v) is 5.05. The van der Waals surface area contributed by atoms with Gasteiger partial charge in [-0.15, -0.1) is 0 Å². The molecule has 3 heterocycles. The van der Waals surface area contributed by atoms with Crippen LogP contribution < -0.4 is 5.32 Å². The normalized spacial score (nSPS) is 12.1. The van der Waals surface area contributed by atoms with Gasteiger partial charge in [-0.3, -0.25) is 14.8 Å². The van der Waals surface area contributed by atoms with Gasteiger partial charge in [-0.2, -0.15) is 0 Å². The number of nitrogens with zero attached hydrogens (tertiary/aromatic N) is 2. The SMILES string of the molecule is O=C(Cc1c[nH]c2ccc(F)cc12)NC(Cc1cc(F)cc(F)c1)c1ncccc1-c1cnc2ccccc2c1. The van der Waals surface area contributed by atoms with Gasteiger partial charge in [0.2, 0.25) is 5.91 Å². The number of rotatable bonds is 7. The average Bonchev–Trinajstić information content (AvgIpc) is 3.33. The van der Waals surface area contributed by atoms with Crippen molar-refractivity contribution < 1.29 is 18.0 Å². The minimum absolute atomic E-state index is 0.0306. The summed E-state index contributed by atoms with van der Waals surface area (Å²) in [6.07, 6.45) is 5.09. The van der Waals surface area contributed by atoms with Crippen LogP contribution in [0.3, 0.4) is 0 Å². The summed E-state index contributed by atoms with van der Waals surface area (Å²) in [6.45, 7) is 0. The van der Waals surface area contributed by atoms with E-state index in [2.05, 4.69) is 20.3 Å². The van der Waals surface area contributed by atoms with Crippen molar-refractivity contribution in [3.63, 3.8) is 0 Å². The third kappa shape index (κ3) is 5.29. The molecule has 0 spiro atoms. The minimum Gasteiger partial charge on any atom is -0.361 e. The van der Waals surface area contributed by atoms with Gasteiger partial charge >= 0.3 is 0 Å². The van der Waals surface area contributed by atoms with E-state index in [1.807, 2.05) is 36.4 Å². The molecule has 198 valence electrons. The summed E-state index contributed by atoms with van der Waals surface area (Å²) in [6, 6.07) is 20.3. The molecule has 0 radical (unpaired) electrons. The van der Waals surface area contributed by atoms with Gasteiger partial charge in [-0.05, 0) is 66.1 Å². The van der Waals surface area contributed by atoms with Crippen LogP contribution in [-0.2, 0) is 17.6 Å². The summed E-state index contributed by atoms with van der Waals surface area (Å²) < 4.78 is 42.1. The number of pyridine rings is 2. The van der Waals surface area contributed by atoms with Crippen molar-refractivity contribution in [3.05, 3.63) is 132 Å². The Bertz CT molecular complexity index is 1850. The van der Waals surface area contributed by atoms with E-state index in [0.717, 1.165) is 28.1 Å². The molecule has 0 saturated carbocycles. The third-order valence-electron chi connectivity index (χ3n) is 6.85. The number of amides is 1. The predicted molar refractivity (Wildman–Crippen MR) is 148 cm³/mol. The maximum absolute atomic E-state index is 14.1. The number of benzene rings is 3. The lowest BCUT2D eigenvalue weighted by Crippen LogP contribution is -2.32. The van der Waals surface area contributed by atoms with E-state index in [4.69, 9.17) is 0 Å². The summed E-state index contributed by atoms with van der Waals surface area (Å²) in [5, 5.41) is 4.56. The first-order valence-electron chi connectivity index (χ1n) is 12.7. The lowest BCUT2D eigenvalue weighted by molar-refractivity contribution is -0.121. The number of nitrogens with one attached hydrogen (secondary N) is 2. The van der Waals surface area contributed by atoms with Crippen LogP contribution in [0.25, 0.3) is 32.9 Å². The molecule has 8 heteroatoms. The van der Waals surface area contributed by atoms with Gasteiger partial charge in [-0.25, -0.2) is 13.2 Å². The number of halogens is 3. The van der Waals surface area contributed by atoms with Crippen molar-refractivity contribution in [2.45, 2.75) is 18.9 Å². The molecule has 0 fully saturated rings. The molecule has 5 nitrogen and oxygen atoms in total. The Balaban J connectivity index is 1.37. The van der Waals surface area contributed by atoms with Crippen LogP contribution in [0.15, 0.2) is 97.5 Å². The highest BCUT2D eigenvalue weighted by Gasteiger charge is 2.22. The summed E-state index contributed by atoms with van der Waals surface area (Å²) in [4.78, 5) is 25.6. The Labute approximate surface area is 227 Å². The molecule has 1 amide bonds. The second kappa shape index (κ2) is 10.6. The van der Waals surface area contributed by atoms with Crippen molar-refractivity contribution in [2.24, 2.45) is 0 Å². The number of hydrogen-bond acceptors (Lipinski definition) is 3. The van der Waals surface area contributed by atoms with E-state index in [1.54, 1.807) is 30.7 Å². The number of carbonyl (C=O) groups excluding carboxylic acids is 1. The molecule has 0 saturated heterocycles. The molecule has 40 heavy (non-hydrogen) atoms. The van der Waals surface area contributed by atoms with Crippen LogP contribution in [0.5, 0.6) is 0 Å². The topological polar surface area (TPSA) is 70.7 Å². The largest absolute Gasteiger partial charge is 0.361 e. The zero-order valence-corrected chi connectivity index (χ0v) is 21.2. The summed E-state index contributed by atoms with van der Waals surface area (Å²) in [5.41, 5.74) is 4.60. The van der Waals surface area contributed by atoms with Gasteiger partial charge in [0.25, 0.3) is 0 Å². The molecule has 3 aromatic carbocycles. The molecule has 0 aliphatic heterocycles. The van der Waals surface area contributed by atoms with Crippen LogP contribution in [0.2, 0.25) is 0 Å². The quantitative estimate of drug-likeness (QED) is 0.235. The maximum Gasteiger partial charge on any atom is 0.225 e. The standard InChI is InChI=1S/C32H23F3N4O/c33-23-7-8-29-27(16-23)22(18-38-29)14-31(40)39-30(12-19-10-24(34)15-25(35)11-19)32-26(5-3-9-36-32)21-13-20-4-1-2-6-28(20)37-17-21/h1-11,13,15-18,30,38H,12,14H2,(H,39,40). The first-order valence-corrected chi connectivity index (χ1v) is 12.7. The van der Waals surface area contributed by atoms with E-state index < -0.39 is 23.5 Å². The summed E-state index contributed by atoms with van der Waals surface area (Å²) in [5.74, 6) is -2.16. The maximum atomic E-state index is 14.1. The van der Waals surface area contributed by atoms with Crippen LogP contribution in [-0.4, -0.2) is 20.9 Å². The smallest absolute Gasteiger partial charge is 0.225 e. The number of para-hydroxylation sites is 1. The fraction of sp³-hybridized carbons (Fsp3) is 0.0938. The van der Waals surface area contributed by atoms with Crippen molar-refractivity contribution in [3.8, 4) is 11.1 Å². The number of aromatic amines is 1. The Morgan fingerprint density at radius 2 is 1.70 bits per heavy atom. The molecule has 0 bridgehead atoms. The molecule has 6 rings (SSSR count). The number of H-pyrrole nitrogens is 1. The van der Waals surface area contributed by atoms with Gasteiger partial charge in [0.1, 0.15) is 17.5 Å². The molecule has 6 aromatic rings. The van der Waals surface area contributed by atoms with Crippen molar-refractivity contribution in [1.82, 2.24) is 20.3 Å². The fourth-order valence-electron chi connectivity index (χ4n) is 5.05. The van der Waals surface area contributed by atoms with E-state index in [1.165, 1.54) is 24.3 Å². The molecular weight excluding hydrogens is 513 g/mol. The summed E-state index contributed by atoms with van der Waals surface area (Å²) >= 11 is 0. The van der Waals surface area contributed by atoms with Crippen molar-refractivity contribution in [1.29, 1.82) is 0 Å².